The third-order valence-corrected chi connectivity index (χ3v) is 7.17. The van der Waals surface area contributed by atoms with Crippen LogP contribution >= 0.6 is 11.6 Å². The van der Waals surface area contributed by atoms with Gasteiger partial charge in [0.25, 0.3) is 5.91 Å². The predicted molar refractivity (Wildman–Crippen MR) is 116 cm³/mol. The van der Waals surface area contributed by atoms with Gasteiger partial charge in [-0.15, -0.1) is 0 Å². The van der Waals surface area contributed by atoms with Crippen molar-refractivity contribution in [3.63, 3.8) is 0 Å². The fourth-order valence-electron chi connectivity index (χ4n) is 3.18. The van der Waals surface area contributed by atoms with Gasteiger partial charge in [0.05, 0.1) is 17.7 Å². The van der Waals surface area contributed by atoms with Crippen molar-refractivity contribution in [3.05, 3.63) is 53.1 Å². The number of esters is 1. The minimum absolute atomic E-state index is 0.00540. The molecule has 0 aliphatic carbocycles. The maximum Gasteiger partial charge on any atom is 0.338 e. The van der Waals surface area contributed by atoms with Gasteiger partial charge in [0.2, 0.25) is 10.0 Å². The molecular formula is C21H23ClN2O6S. The summed E-state index contributed by atoms with van der Waals surface area (Å²) in [5, 5.41) is 2.62. The molecule has 166 valence electrons. The molecule has 0 atom stereocenters. The van der Waals surface area contributed by atoms with Crippen molar-refractivity contribution >= 4 is 39.2 Å². The molecule has 1 N–H and O–H groups in total. The molecule has 1 fully saturated rings. The van der Waals surface area contributed by atoms with Crippen LogP contribution in [0.15, 0.2) is 47.4 Å². The Kier molecular flexibility index (Phi) is 7.53. The Morgan fingerprint density at radius 1 is 1.10 bits per heavy atom. The van der Waals surface area contributed by atoms with E-state index in [-0.39, 0.29) is 15.5 Å². The van der Waals surface area contributed by atoms with Gasteiger partial charge in [-0.05, 0) is 43.2 Å². The molecule has 8 nitrogen and oxygen atoms in total. The number of ether oxygens (including phenoxy) is 2. The maximum absolute atomic E-state index is 12.9. The van der Waals surface area contributed by atoms with Crippen LogP contribution in [0.2, 0.25) is 5.02 Å². The number of carbonyl (C=O) groups excluding carboxylic acids is 2. The highest BCUT2D eigenvalue weighted by Crippen LogP contribution is 2.28. The monoisotopic (exact) mass is 466 g/mol. The Balaban J connectivity index is 1.66. The summed E-state index contributed by atoms with van der Waals surface area (Å²) >= 11 is 6.11. The minimum atomic E-state index is -3.82. The molecule has 1 heterocycles. The quantitative estimate of drug-likeness (QED) is 0.628. The Labute approximate surface area is 186 Å². The van der Waals surface area contributed by atoms with E-state index in [0.29, 0.717) is 24.5 Å². The maximum atomic E-state index is 12.9. The number of sulfonamides is 1. The Morgan fingerprint density at radius 3 is 2.55 bits per heavy atom. The lowest BCUT2D eigenvalue weighted by molar-refractivity contribution is -0.119. The average molecular weight is 467 g/mol. The van der Waals surface area contributed by atoms with Gasteiger partial charge in [0, 0.05) is 24.8 Å². The van der Waals surface area contributed by atoms with E-state index in [9.17, 15) is 18.0 Å². The third-order valence-electron chi connectivity index (χ3n) is 4.79. The number of anilines is 1. The summed E-state index contributed by atoms with van der Waals surface area (Å²) in [7, 11) is -2.32. The van der Waals surface area contributed by atoms with Crippen molar-refractivity contribution in [1.82, 2.24) is 4.31 Å². The van der Waals surface area contributed by atoms with Crippen molar-refractivity contribution in [3.8, 4) is 5.75 Å². The van der Waals surface area contributed by atoms with E-state index in [0.717, 1.165) is 19.3 Å². The Morgan fingerprint density at radius 2 is 1.84 bits per heavy atom. The molecule has 10 heteroatoms. The number of methoxy groups -OCH3 is 1. The second kappa shape index (κ2) is 10.1. The number of piperidine rings is 1. The van der Waals surface area contributed by atoms with Crippen LogP contribution in [0, 0.1) is 0 Å². The van der Waals surface area contributed by atoms with E-state index in [4.69, 9.17) is 21.1 Å². The van der Waals surface area contributed by atoms with E-state index in [1.807, 2.05) is 0 Å². The number of carbonyl (C=O) groups is 2. The van der Waals surface area contributed by atoms with Crippen molar-refractivity contribution in [2.24, 2.45) is 0 Å². The standard InChI is InChI=1S/C21H23ClN2O6S/c1-29-17-7-5-6-16(13-17)23-20(25)14-30-21(26)15-8-9-18(22)19(12-15)31(27,28)24-10-3-2-4-11-24/h5-9,12-13H,2-4,10-11,14H2,1H3,(H,23,25). The zero-order valence-corrected chi connectivity index (χ0v) is 18.5. The van der Waals surface area contributed by atoms with E-state index < -0.39 is 28.5 Å². The van der Waals surface area contributed by atoms with Gasteiger partial charge < -0.3 is 14.8 Å². The van der Waals surface area contributed by atoms with E-state index in [2.05, 4.69) is 5.32 Å². The molecule has 0 spiro atoms. The zero-order valence-electron chi connectivity index (χ0n) is 17.0. The first-order valence-electron chi connectivity index (χ1n) is 9.72. The topological polar surface area (TPSA) is 102 Å². The number of rotatable bonds is 7. The van der Waals surface area contributed by atoms with Gasteiger partial charge in [0.15, 0.2) is 6.61 Å². The largest absolute Gasteiger partial charge is 0.497 e. The first-order valence-corrected chi connectivity index (χ1v) is 11.5. The zero-order chi connectivity index (χ0) is 22.4. The number of hydrogen-bond acceptors (Lipinski definition) is 6. The molecule has 0 bridgehead atoms. The van der Waals surface area contributed by atoms with Crippen molar-refractivity contribution < 1.29 is 27.5 Å². The molecule has 1 aliphatic rings. The molecule has 0 aromatic heterocycles. The van der Waals surface area contributed by atoms with Crippen LogP contribution in [0.3, 0.4) is 0 Å². The van der Waals surface area contributed by atoms with Crippen molar-refractivity contribution in [1.29, 1.82) is 0 Å². The first kappa shape index (κ1) is 23.1. The first-order chi connectivity index (χ1) is 14.8. The van der Waals surface area contributed by atoms with Crippen LogP contribution in [0.4, 0.5) is 5.69 Å². The lowest BCUT2D eigenvalue weighted by Gasteiger charge is -2.26. The lowest BCUT2D eigenvalue weighted by Crippen LogP contribution is -2.35. The molecule has 2 aromatic rings. The van der Waals surface area contributed by atoms with Crippen LogP contribution in [0.5, 0.6) is 5.75 Å². The molecular weight excluding hydrogens is 444 g/mol. The van der Waals surface area contributed by atoms with Gasteiger partial charge in [-0.3, -0.25) is 4.79 Å². The fourth-order valence-corrected chi connectivity index (χ4v) is 5.20. The molecule has 2 aromatic carbocycles. The predicted octanol–water partition coefficient (Wildman–Crippen LogP) is 3.32. The highest BCUT2D eigenvalue weighted by molar-refractivity contribution is 7.89. The summed E-state index contributed by atoms with van der Waals surface area (Å²) in [6, 6.07) is 10.6. The number of benzene rings is 2. The molecule has 3 rings (SSSR count). The second-order valence-corrected chi connectivity index (χ2v) is 9.28. The fraction of sp³-hybridized carbons (Fsp3) is 0.333. The summed E-state index contributed by atoms with van der Waals surface area (Å²) in [4.78, 5) is 24.3. The highest BCUT2D eigenvalue weighted by Gasteiger charge is 2.29. The van der Waals surface area contributed by atoms with Crippen molar-refractivity contribution in [2.45, 2.75) is 24.2 Å². The van der Waals surface area contributed by atoms with Crippen LogP contribution < -0.4 is 10.1 Å². The average Bonchev–Trinajstić information content (AvgIpc) is 2.78. The van der Waals surface area contributed by atoms with Crippen LogP contribution in [0.1, 0.15) is 29.6 Å². The van der Waals surface area contributed by atoms with E-state index in [1.54, 1.807) is 24.3 Å². The highest BCUT2D eigenvalue weighted by atomic mass is 35.5. The van der Waals surface area contributed by atoms with Gasteiger partial charge in [0.1, 0.15) is 10.6 Å². The molecule has 0 saturated carbocycles. The normalized spacial score (nSPS) is 14.6. The van der Waals surface area contributed by atoms with E-state index >= 15 is 0 Å². The van der Waals surface area contributed by atoms with Crippen LogP contribution in [-0.4, -0.2) is 51.4 Å². The van der Waals surface area contributed by atoms with Crippen molar-refractivity contribution in [2.75, 3.05) is 32.1 Å². The van der Waals surface area contributed by atoms with Crippen LogP contribution in [0.25, 0.3) is 0 Å². The van der Waals surface area contributed by atoms with Gasteiger partial charge in [-0.25, -0.2) is 13.2 Å². The second-order valence-electron chi connectivity index (χ2n) is 6.97. The lowest BCUT2D eigenvalue weighted by atomic mass is 10.2. The number of amides is 1. The minimum Gasteiger partial charge on any atom is -0.497 e. The Hall–Kier alpha value is -2.62. The number of hydrogen-bond donors (Lipinski definition) is 1. The smallest absolute Gasteiger partial charge is 0.338 e. The molecule has 1 aliphatic heterocycles. The summed E-state index contributed by atoms with van der Waals surface area (Å²) < 4.78 is 37.3. The summed E-state index contributed by atoms with van der Waals surface area (Å²) in [5.74, 6) is -0.803. The molecule has 1 amide bonds. The van der Waals surface area contributed by atoms with E-state index in [1.165, 1.54) is 29.6 Å². The molecule has 1 saturated heterocycles. The number of halogens is 1. The van der Waals surface area contributed by atoms with Gasteiger partial charge in [-0.2, -0.15) is 4.31 Å². The number of nitrogens with one attached hydrogen (secondary N) is 1. The van der Waals surface area contributed by atoms with Gasteiger partial charge in [-0.1, -0.05) is 24.1 Å². The van der Waals surface area contributed by atoms with Crippen LogP contribution in [-0.2, 0) is 19.6 Å². The molecule has 31 heavy (non-hydrogen) atoms. The summed E-state index contributed by atoms with van der Waals surface area (Å²) in [6.07, 6.45) is 2.53. The van der Waals surface area contributed by atoms with Gasteiger partial charge >= 0.3 is 5.97 Å². The summed E-state index contributed by atoms with van der Waals surface area (Å²) in [5.41, 5.74) is 0.482. The molecule has 0 unspecified atom stereocenters. The molecule has 0 radical (unpaired) electrons. The number of nitrogens with zero attached hydrogens (tertiary/aromatic N) is 1. The third kappa shape index (κ3) is 5.75. The Bertz CT molecular complexity index is 1070. The SMILES string of the molecule is COc1cccc(NC(=O)COC(=O)c2ccc(Cl)c(S(=O)(=O)N3CCCCC3)c2)c1. The summed E-state index contributed by atoms with van der Waals surface area (Å²) in [6.45, 7) is 0.294.